The van der Waals surface area contributed by atoms with Crippen molar-refractivity contribution in [3.8, 4) is 11.4 Å². The van der Waals surface area contributed by atoms with Crippen LogP contribution in [0, 0.1) is 18.6 Å². The molecule has 28 heavy (non-hydrogen) atoms. The van der Waals surface area contributed by atoms with Gasteiger partial charge in [0.15, 0.2) is 16.8 Å². The highest BCUT2D eigenvalue weighted by Gasteiger charge is 2.17. The lowest BCUT2D eigenvalue weighted by Crippen LogP contribution is -2.16. The molecule has 0 saturated carbocycles. The number of nitrogens with zero attached hydrogens (tertiary/aromatic N) is 3. The largest absolute Gasteiger partial charge is 0.322 e. The van der Waals surface area contributed by atoms with Crippen molar-refractivity contribution < 1.29 is 13.6 Å². The highest BCUT2D eigenvalue weighted by Crippen LogP contribution is 2.28. The monoisotopic (exact) mass is 466 g/mol. The molecule has 0 aliphatic carbocycles. The minimum absolute atomic E-state index is 0.00909. The maximum Gasteiger partial charge on any atom is 0.234 e. The number of carbonyl (C=O) groups is 1. The van der Waals surface area contributed by atoms with Crippen molar-refractivity contribution in [3.05, 3.63) is 58.1 Å². The van der Waals surface area contributed by atoms with Gasteiger partial charge in [-0.05, 0) is 41.4 Å². The standard InChI is InChI=1S/C19H17BrF2N4OS/c1-3-26-18(13-7-5-4-6-11(13)2)24-25-19(26)28-10-16(27)23-17-14(20)8-12(21)9-15(17)22/h4-9H,3,10H2,1-2H3,(H,23,27). The first-order chi connectivity index (χ1) is 13.4. The number of nitrogens with one attached hydrogen (secondary N) is 1. The van der Waals surface area contributed by atoms with Gasteiger partial charge < -0.3 is 9.88 Å². The van der Waals surface area contributed by atoms with Crippen molar-refractivity contribution in [2.45, 2.75) is 25.5 Å². The molecule has 0 unspecified atom stereocenters. The van der Waals surface area contributed by atoms with Crippen LogP contribution in [0.1, 0.15) is 12.5 Å². The molecule has 146 valence electrons. The van der Waals surface area contributed by atoms with Crippen LogP contribution >= 0.6 is 27.7 Å². The number of amides is 1. The maximum atomic E-state index is 13.9. The van der Waals surface area contributed by atoms with E-state index in [1.807, 2.05) is 42.7 Å². The Morgan fingerprint density at radius 1 is 1.25 bits per heavy atom. The summed E-state index contributed by atoms with van der Waals surface area (Å²) in [4.78, 5) is 12.2. The molecule has 0 aliphatic heterocycles. The SMILES string of the molecule is CCn1c(SCC(=O)Nc2c(F)cc(F)cc2Br)nnc1-c1ccccc1C. The fourth-order valence-corrected chi connectivity index (χ4v) is 3.98. The Balaban J connectivity index is 1.73. The summed E-state index contributed by atoms with van der Waals surface area (Å²) >= 11 is 4.25. The van der Waals surface area contributed by atoms with E-state index < -0.39 is 17.5 Å². The average Bonchev–Trinajstić information content (AvgIpc) is 3.06. The lowest BCUT2D eigenvalue weighted by molar-refractivity contribution is -0.113. The van der Waals surface area contributed by atoms with Gasteiger partial charge in [-0.15, -0.1) is 10.2 Å². The van der Waals surface area contributed by atoms with Crippen LogP contribution in [0.15, 0.2) is 46.0 Å². The van der Waals surface area contributed by atoms with Crippen molar-refractivity contribution >= 4 is 39.3 Å². The van der Waals surface area contributed by atoms with E-state index in [4.69, 9.17) is 0 Å². The quantitative estimate of drug-likeness (QED) is 0.516. The van der Waals surface area contributed by atoms with Gasteiger partial charge in [-0.25, -0.2) is 8.78 Å². The number of rotatable bonds is 6. The van der Waals surface area contributed by atoms with E-state index in [1.54, 1.807) is 0 Å². The second kappa shape index (κ2) is 8.83. The molecule has 3 rings (SSSR count). The number of anilines is 1. The normalized spacial score (nSPS) is 10.9. The number of carbonyl (C=O) groups excluding carboxylic acids is 1. The Bertz CT molecular complexity index is 1000. The summed E-state index contributed by atoms with van der Waals surface area (Å²) in [6.45, 7) is 4.61. The number of aryl methyl sites for hydroxylation is 1. The molecule has 1 heterocycles. The molecule has 0 saturated heterocycles. The van der Waals surface area contributed by atoms with E-state index in [0.717, 1.165) is 29.1 Å². The van der Waals surface area contributed by atoms with Crippen molar-refractivity contribution in [2.75, 3.05) is 11.1 Å². The van der Waals surface area contributed by atoms with Gasteiger partial charge in [0.1, 0.15) is 5.82 Å². The lowest BCUT2D eigenvalue weighted by atomic mass is 10.1. The van der Waals surface area contributed by atoms with Crippen LogP contribution in [-0.2, 0) is 11.3 Å². The van der Waals surface area contributed by atoms with Crippen LogP contribution in [0.5, 0.6) is 0 Å². The Labute approximate surface area is 173 Å². The Kier molecular flexibility index (Phi) is 6.46. The molecule has 0 aliphatic rings. The molecule has 1 N–H and O–H groups in total. The molecular weight excluding hydrogens is 450 g/mol. The van der Waals surface area contributed by atoms with Gasteiger partial charge in [-0.2, -0.15) is 0 Å². The van der Waals surface area contributed by atoms with Gasteiger partial charge in [-0.1, -0.05) is 36.0 Å². The predicted molar refractivity (Wildman–Crippen MR) is 109 cm³/mol. The highest BCUT2D eigenvalue weighted by atomic mass is 79.9. The number of halogens is 3. The predicted octanol–water partition coefficient (Wildman–Crippen LogP) is 5.04. The molecular formula is C19H17BrF2N4OS. The smallest absolute Gasteiger partial charge is 0.234 e. The Morgan fingerprint density at radius 2 is 2.00 bits per heavy atom. The first-order valence-electron chi connectivity index (χ1n) is 8.47. The van der Waals surface area contributed by atoms with Crippen LogP contribution in [0.25, 0.3) is 11.4 Å². The van der Waals surface area contributed by atoms with Crippen LogP contribution in [-0.4, -0.2) is 26.4 Å². The molecule has 3 aromatic rings. The fourth-order valence-electron chi connectivity index (χ4n) is 2.67. The second-order valence-electron chi connectivity index (χ2n) is 5.95. The minimum atomic E-state index is -0.844. The van der Waals surface area contributed by atoms with Crippen LogP contribution in [0.3, 0.4) is 0 Å². The van der Waals surface area contributed by atoms with E-state index in [2.05, 4.69) is 31.4 Å². The third kappa shape index (κ3) is 4.41. The summed E-state index contributed by atoms with van der Waals surface area (Å²) < 4.78 is 29.1. The van der Waals surface area contributed by atoms with E-state index >= 15 is 0 Å². The number of hydrogen-bond acceptors (Lipinski definition) is 4. The number of benzene rings is 2. The third-order valence-corrected chi connectivity index (χ3v) is 5.61. The van der Waals surface area contributed by atoms with Gasteiger partial charge >= 0.3 is 0 Å². The van der Waals surface area contributed by atoms with Gasteiger partial charge in [0, 0.05) is 22.6 Å². The van der Waals surface area contributed by atoms with Gasteiger partial charge in [0.2, 0.25) is 5.91 Å². The average molecular weight is 467 g/mol. The maximum absolute atomic E-state index is 13.9. The van der Waals surface area contributed by atoms with Crippen LogP contribution < -0.4 is 5.32 Å². The molecule has 0 spiro atoms. The summed E-state index contributed by atoms with van der Waals surface area (Å²) in [5.74, 6) is -1.26. The summed E-state index contributed by atoms with van der Waals surface area (Å²) in [5, 5.41) is 11.5. The van der Waals surface area contributed by atoms with E-state index in [9.17, 15) is 13.6 Å². The molecule has 0 atom stereocenters. The molecule has 0 fully saturated rings. The molecule has 0 bridgehead atoms. The molecule has 0 radical (unpaired) electrons. The van der Waals surface area contributed by atoms with Crippen LogP contribution in [0.2, 0.25) is 0 Å². The molecule has 9 heteroatoms. The Hall–Kier alpha value is -2.26. The zero-order valence-corrected chi connectivity index (χ0v) is 17.6. The molecule has 2 aromatic carbocycles. The van der Waals surface area contributed by atoms with Crippen molar-refractivity contribution in [1.82, 2.24) is 14.8 Å². The van der Waals surface area contributed by atoms with Crippen molar-refractivity contribution in [2.24, 2.45) is 0 Å². The Morgan fingerprint density at radius 3 is 2.68 bits per heavy atom. The number of aromatic nitrogens is 3. The third-order valence-electron chi connectivity index (χ3n) is 4.02. The number of thioether (sulfide) groups is 1. The summed E-state index contributed by atoms with van der Waals surface area (Å²) in [7, 11) is 0. The zero-order valence-electron chi connectivity index (χ0n) is 15.2. The van der Waals surface area contributed by atoms with Gasteiger partial charge in [0.05, 0.1) is 11.4 Å². The van der Waals surface area contributed by atoms with E-state index in [1.165, 1.54) is 11.8 Å². The van der Waals surface area contributed by atoms with Crippen LogP contribution in [0.4, 0.5) is 14.5 Å². The second-order valence-corrected chi connectivity index (χ2v) is 7.74. The number of hydrogen-bond donors (Lipinski definition) is 1. The lowest BCUT2D eigenvalue weighted by Gasteiger charge is -2.10. The van der Waals surface area contributed by atoms with Crippen molar-refractivity contribution in [3.63, 3.8) is 0 Å². The summed E-state index contributed by atoms with van der Waals surface area (Å²) in [5.41, 5.74) is 1.96. The fraction of sp³-hybridized carbons (Fsp3) is 0.211. The first kappa shape index (κ1) is 20.5. The topological polar surface area (TPSA) is 59.8 Å². The summed E-state index contributed by atoms with van der Waals surface area (Å²) in [6, 6.07) is 9.68. The van der Waals surface area contributed by atoms with Gasteiger partial charge in [-0.3, -0.25) is 4.79 Å². The molecule has 5 nitrogen and oxygen atoms in total. The van der Waals surface area contributed by atoms with Crippen molar-refractivity contribution in [1.29, 1.82) is 0 Å². The zero-order chi connectivity index (χ0) is 20.3. The van der Waals surface area contributed by atoms with E-state index in [0.29, 0.717) is 11.7 Å². The first-order valence-corrected chi connectivity index (χ1v) is 10.2. The van der Waals surface area contributed by atoms with E-state index in [-0.39, 0.29) is 15.9 Å². The highest BCUT2D eigenvalue weighted by molar-refractivity contribution is 9.10. The van der Waals surface area contributed by atoms with Gasteiger partial charge in [0.25, 0.3) is 0 Å². The summed E-state index contributed by atoms with van der Waals surface area (Å²) in [6.07, 6.45) is 0. The molecule has 1 amide bonds. The molecule has 1 aromatic heterocycles. The minimum Gasteiger partial charge on any atom is -0.322 e.